The van der Waals surface area contributed by atoms with Crippen molar-refractivity contribution in [2.45, 2.75) is 77.7 Å². The molecule has 7 heteroatoms. The Morgan fingerprint density at radius 3 is 2.12 bits per heavy atom. The standard InChI is InChI=1S/C26H41N5OS/c1-5-8-18-31(19-9-6-2)25-24(26(33)28-21(4)27-25)29-23(32)16-13-20-30(17-7-3)22-14-11-10-12-15-22/h10-12,14-15H,5-9,13,16-20H2,1-4H3,(H,29,32)(H,27,28,33). The number of rotatable bonds is 15. The third kappa shape index (κ3) is 8.88. The highest BCUT2D eigenvalue weighted by molar-refractivity contribution is 7.80. The summed E-state index contributed by atoms with van der Waals surface area (Å²) >= 11 is 4.59. The molecule has 2 aromatic rings. The minimum Gasteiger partial charge on any atom is -0.372 e. The summed E-state index contributed by atoms with van der Waals surface area (Å²) in [5.74, 6) is 1.44. The number of carbonyl (C=O) groups is 1. The van der Waals surface area contributed by atoms with Gasteiger partial charge in [-0.15, -0.1) is 12.6 Å². The van der Waals surface area contributed by atoms with Gasteiger partial charge in [-0.05, 0) is 44.7 Å². The van der Waals surface area contributed by atoms with Crippen molar-refractivity contribution in [1.29, 1.82) is 0 Å². The summed E-state index contributed by atoms with van der Waals surface area (Å²) in [4.78, 5) is 26.6. The average Bonchev–Trinajstić information content (AvgIpc) is 2.81. The van der Waals surface area contributed by atoms with E-state index in [0.29, 0.717) is 23.0 Å². The maximum atomic E-state index is 12.9. The van der Waals surface area contributed by atoms with E-state index in [9.17, 15) is 4.79 Å². The van der Waals surface area contributed by atoms with E-state index >= 15 is 0 Å². The predicted octanol–water partition coefficient (Wildman–Crippen LogP) is 6.12. The van der Waals surface area contributed by atoms with Crippen LogP contribution in [0.3, 0.4) is 0 Å². The number of amides is 1. The molecule has 0 unspecified atom stereocenters. The number of nitrogens with zero attached hydrogens (tertiary/aromatic N) is 4. The van der Waals surface area contributed by atoms with Gasteiger partial charge in [0.05, 0.1) is 0 Å². The van der Waals surface area contributed by atoms with E-state index in [4.69, 9.17) is 4.98 Å². The number of aryl methyl sites for hydroxylation is 1. The number of hydrogen-bond donors (Lipinski definition) is 2. The molecule has 1 N–H and O–H groups in total. The quantitative estimate of drug-likeness (QED) is 0.242. The number of thiol groups is 1. The van der Waals surface area contributed by atoms with E-state index in [1.807, 2.05) is 13.0 Å². The molecule has 1 amide bonds. The Labute approximate surface area is 205 Å². The molecule has 0 aliphatic heterocycles. The molecule has 2 rings (SSSR count). The van der Waals surface area contributed by atoms with Crippen LogP contribution in [-0.4, -0.2) is 42.1 Å². The highest BCUT2D eigenvalue weighted by atomic mass is 32.1. The minimum absolute atomic E-state index is 0.0190. The van der Waals surface area contributed by atoms with Crippen LogP contribution in [0.2, 0.25) is 0 Å². The van der Waals surface area contributed by atoms with E-state index in [0.717, 1.165) is 70.5 Å². The summed E-state index contributed by atoms with van der Waals surface area (Å²) in [6, 6.07) is 10.4. The predicted molar refractivity (Wildman–Crippen MR) is 143 cm³/mol. The molecule has 0 aliphatic rings. The van der Waals surface area contributed by atoms with Crippen LogP contribution in [0.1, 0.15) is 71.5 Å². The summed E-state index contributed by atoms with van der Waals surface area (Å²) in [6.07, 6.45) is 6.66. The van der Waals surface area contributed by atoms with E-state index in [1.54, 1.807) is 0 Å². The topological polar surface area (TPSA) is 61.4 Å². The van der Waals surface area contributed by atoms with Gasteiger partial charge in [0.25, 0.3) is 0 Å². The van der Waals surface area contributed by atoms with Gasteiger partial charge in [-0.1, -0.05) is 51.8 Å². The number of hydrogen-bond acceptors (Lipinski definition) is 6. The van der Waals surface area contributed by atoms with E-state index < -0.39 is 0 Å². The zero-order valence-corrected chi connectivity index (χ0v) is 21.7. The number of aromatic nitrogens is 2. The first-order valence-electron chi connectivity index (χ1n) is 12.4. The van der Waals surface area contributed by atoms with Gasteiger partial charge < -0.3 is 15.1 Å². The zero-order valence-electron chi connectivity index (χ0n) is 20.8. The van der Waals surface area contributed by atoms with Gasteiger partial charge in [0, 0.05) is 38.3 Å². The molecule has 33 heavy (non-hydrogen) atoms. The van der Waals surface area contributed by atoms with Gasteiger partial charge in [-0.25, -0.2) is 9.97 Å². The van der Waals surface area contributed by atoms with Crippen molar-refractivity contribution in [3.63, 3.8) is 0 Å². The fourth-order valence-electron chi connectivity index (χ4n) is 3.82. The van der Waals surface area contributed by atoms with Crippen molar-refractivity contribution in [1.82, 2.24) is 9.97 Å². The van der Waals surface area contributed by atoms with Crippen molar-refractivity contribution in [2.24, 2.45) is 0 Å². The Hall–Kier alpha value is -2.28. The molecule has 182 valence electrons. The Morgan fingerprint density at radius 1 is 0.879 bits per heavy atom. The third-order valence-corrected chi connectivity index (χ3v) is 5.88. The Bertz CT molecular complexity index is 838. The maximum absolute atomic E-state index is 12.9. The van der Waals surface area contributed by atoms with Crippen molar-refractivity contribution < 1.29 is 4.79 Å². The SMILES string of the molecule is CCCCN(CCCC)c1nc(C)nc(S)c1NC(=O)CCCN(CCC)c1ccccc1. The Morgan fingerprint density at radius 2 is 1.52 bits per heavy atom. The first-order valence-corrected chi connectivity index (χ1v) is 12.9. The molecular formula is C26H41N5OS. The molecule has 0 spiro atoms. The van der Waals surface area contributed by atoms with Crippen LogP contribution in [0.25, 0.3) is 0 Å². The summed E-state index contributed by atoms with van der Waals surface area (Å²) in [5, 5.41) is 3.61. The second-order valence-corrected chi connectivity index (χ2v) is 8.89. The molecule has 0 saturated carbocycles. The van der Waals surface area contributed by atoms with Crippen LogP contribution in [0.15, 0.2) is 35.4 Å². The molecular weight excluding hydrogens is 430 g/mol. The Balaban J connectivity index is 2.08. The fraction of sp³-hybridized carbons (Fsp3) is 0.577. The van der Waals surface area contributed by atoms with E-state index in [-0.39, 0.29) is 5.91 Å². The van der Waals surface area contributed by atoms with Crippen LogP contribution >= 0.6 is 12.6 Å². The number of carbonyl (C=O) groups excluding carboxylic acids is 1. The lowest BCUT2D eigenvalue weighted by Crippen LogP contribution is -2.29. The van der Waals surface area contributed by atoms with E-state index in [2.05, 4.69) is 77.8 Å². The van der Waals surface area contributed by atoms with Crippen LogP contribution in [0.5, 0.6) is 0 Å². The molecule has 6 nitrogen and oxygen atoms in total. The lowest BCUT2D eigenvalue weighted by atomic mass is 10.2. The van der Waals surface area contributed by atoms with Gasteiger partial charge in [0.2, 0.25) is 5.91 Å². The van der Waals surface area contributed by atoms with Crippen LogP contribution in [0.4, 0.5) is 17.2 Å². The first-order chi connectivity index (χ1) is 16.0. The zero-order chi connectivity index (χ0) is 24.1. The van der Waals surface area contributed by atoms with Crippen molar-refractivity contribution in [3.8, 4) is 0 Å². The summed E-state index contributed by atoms with van der Waals surface area (Å²) in [7, 11) is 0. The van der Waals surface area contributed by atoms with Crippen molar-refractivity contribution in [3.05, 3.63) is 36.2 Å². The molecule has 0 bridgehead atoms. The average molecular weight is 472 g/mol. The molecule has 0 atom stereocenters. The summed E-state index contributed by atoms with van der Waals surface area (Å²) in [6.45, 7) is 12.1. The number of nitrogens with one attached hydrogen (secondary N) is 1. The van der Waals surface area contributed by atoms with E-state index in [1.165, 1.54) is 5.69 Å². The minimum atomic E-state index is -0.0190. The van der Waals surface area contributed by atoms with Crippen LogP contribution in [0, 0.1) is 6.92 Å². The third-order valence-electron chi connectivity index (χ3n) is 5.56. The number of benzene rings is 1. The summed E-state index contributed by atoms with van der Waals surface area (Å²) < 4.78 is 0. The highest BCUT2D eigenvalue weighted by Crippen LogP contribution is 2.30. The Kier molecular flexibility index (Phi) is 12.1. The van der Waals surface area contributed by atoms with Gasteiger partial charge in [0.1, 0.15) is 16.5 Å². The lowest BCUT2D eigenvalue weighted by Gasteiger charge is -2.27. The highest BCUT2D eigenvalue weighted by Gasteiger charge is 2.19. The number of anilines is 3. The van der Waals surface area contributed by atoms with Crippen molar-refractivity contribution >= 4 is 35.7 Å². The van der Waals surface area contributed by atoms with Crippen LogP contribution < -0.4 is 15.1 Å². The van der Waals surface area contributed by atoms with Crippen LogP contribution in [-0.2, 0) is 4.79 Å². The maximum Gasteiger partial charge on any atom is 0.224 e. The summed E-state index contributed by atoms with van der Waals surface area (Å²) in [5.41, 5.74) is 1.84. The normalized spacial score (nSPS) is 10.8. The molecule has 0 saturated heterocycles. The number of unbranched alkanes of at least 4 members (excludes halogenated alkanes) is 2. The number of para-hydroxylation sites is 1. The molecule has 0 fully saturated rings. The largest absolute Gasteiger partial charge is 0.372 e. The van der Waals surface area contributed by atoms with Gasteiger partial charge in [-0.3, -0.25) is 4.79 Å². The molecule has 0 aliphatic carbocycles. The lowest BCUT2D eigenvalue weighted by molar-refractivity contribution is -0.116. The molecule has 1 aromatic carbocycles. The molecule has 0 radical (unpaired) electrons. The fourth-order valence-corrected chi connectivity index (χ4v) is 4.12. The van der Waals surface area contributed by atoms with Gasteiger partial charge >= 0.3 is 0 Å². The first kappa shape index (κ1) is 27.0. The second kappa shape index (κ2) is 14.8. The smallest absolute Gasteiger partial charge is 0.224 e. The van der Waals surface area contributed by atoms with Gasteiger partial charge in [0.15, 0.2) is 5.82 Å². The second-order valence-electron chi connectivity index (χ2n) is 8.46. The monoisotopic (exact) mass is 471 g/mol. The van der Waals surface area contributed by atoms with Gasteiger partial charge in [-0.2, -0.15) is 0 Å². The molecule has 1 heterocycles. The molecule has 1 aromatic heterocycles. The van der Waals surface area contributed by atoms with Crippen molar-refractivity contribution in [2.75, 3.05) is 41.3 Å².